The highest BCUT2D eigenvalue weighted by atomic mass is 35.5. The van der Waals surface area contributed by atoms with Crippen LogP contribution < -0.4 is 5.56 Å². The molecule has 0 amide bonds. The highest BCUT2D eigenvalue weighted by Gasteiger charge is 2.15. The van der Waals surface area contributed by atoms with E-state index in [1.165, 1.54) is 27.3 Å². The maximum atomic E-state index is 11.7. The molecule has 0 radical (unpaired) electrons. The topological polar surface area (TPSA) is 89.5 Å². The minimum atomic E-state index is -1.11. The zero-order valence-corrected chi connectivity index (χ0v) is 11.6. The Hall–Kier alpha value is -2.67. The van der Waals surface area contributed by atoms with Crippen LogP contribution in [0.3, 0.4) is 0 Å². The Labute approximate surface area is 123 Å². The summed E-state index contributed by atoms with van der Waals surface area (Å²) in [5.74, 6) is -0.755. The molecule has 3 heterocycles. The van der Waals surface area contributed by atoms with E-state index in [1.807, 2.05) is 0 Å². The van der Waals surface area contributed by atoms with Crippen LogP contribution in [-0.2, 0) is 7.05 Å². The summed E-state index contributed by atoms with van der Waals surface area (Å²) < 4.78 is 2.88. The Morgan fingerprint density at radius 3 is 2.76 bits per heavy atom. The van der Waals surface area contributed by atoms with Gasteiger partial charge in [-0.25, -0.2) is 4.79 Å². The van der Waals surface area contributed by atoms with Gasteiger partial charge in [-0.3, -0.25) is 9.20 Å². The summed E-state index contributed by atoms with van der Waals surface area (Å²) >= 11 is 6.01. The van der Waals surface area contributed by atoms with Gasteiger partial charge >= 0.3 is 5.97 Å². The highest BCUT2D eigenvalue weighted by Crippen LogP contribution is 2.23. The molecule has 0 aliphatic rings. The standard InChI is InChI=1S/C13H9ClN4O3/c1-17-3-2-7(5-10(17)19)11-15-16-12-9(14)4-8(13(20)21)6-18(11)12/h2-6H,1H3,(H,20,21). The summed E-state index contributed by atoms with van der Waals surface area (Å²) in [5, 5.41) is 17.2. The van der Waals surface area contributed by atoms with Gasteiger partial charge in [0.05, 0.1) is 10.6 Å². The number of aromatic carboxylic acids is 1. The lowest BCUT2D eigenvalue weighted by molar-refractivity contribution is 0.0696. The molecule has 0 unspecified atom stereocenters. The van der Waals surface area contributed by atoms with Crippen molar-refractivity contribution in [3.8, 4) is 11.4 Å². The van der Waals surface area contributed by atoms with Crippen molar-refractivity contribution < 1.29 is 9.90 Å². The fourth-order valence-corrected chi connectivity index (χ4v) is 2.20. The van der Waals surface area contributed by atoms with E-state index in [1.54, 1.807) is 19.3 Å². The Bertz CT molecular complexity index is 929. The number of carboxylic acids is 1. The van der Waals surface area contributed by atoms with E-state index in [2.05, 4.69) is 10.2 Å². The van der Waals surface area contributed by atoms with Gasteiger partial charge in [0.1, 0.15) is 0 Å². The Kier molecular flexibility index (Phi) is 2.99. The van der Waals surface area contributed by atoms with E-state index in [-0.39, 0.29) is 16.1 Å². The molecule has 0 fully saturated rings. The molecule has 0 spiro atoms. The fraction of sp³-hybridized carbons (Fsp3) is 0.0769. The molecule has 3 aromatic rings. The number of carboxylic acid groups (broad SMARTS) is 1. The first kappa shape index (κ1) is 13.3. The lowest BCUT2D eigenvalue weighted by atomic mass is 10.2. The summed E-state index contributed by atoms with van der Waals surface area (Å²) in [7, 11) is 1.63. The third-order valence-electron chi connectivity index (χ3n) is 3.07. The average molecular weight is 305 g/mol. The Balaban J connectivity index is 2.30. The molecular weight excluding hydrogens is 296 g/mol. The summed E-state index contributed by atoms with van der Waals surface area (Å²) in [6.45, 7) is 0. The van der Waals surface area contributed by atoms with E-state index in [0.717, 1.165) is 0 Å². The number of rotatable bonds is 2. The number of nitrogens with zero attached hydrogens (tertiary/aromatic N) is 4. The minimum Gasteiger partial charge on any atom is -0.478 e. The summed E-state index contributed by atoms with van der Waals surface area (Å²) in [5.41, 5.74) is 0.670. The molecule has 7 nitrogen and oxygen atoms in total. The number of hydrogen-bond acceptors (Lipinski definition) is 4. The number of aromatic nitrogens is 4. The van der Waals surface area contributed by atoms with Gasteiger partial charge in [0.15, 0.2) is 11.5 Å². The number of halogens is 1. The van der Waals surface area contributed by atoms with Gasteiger partial charge in [0.2, 0.25) is 0 Å². The summed E-state index contributed by atoms with van der Waals surface area (Å²) in [6.07, 6.45) is 2.97. The number of carbonyl (C=O) groups is 1. The number of fused-ring (bicyclic) bond motifs is 1. The van der Waals surface area contributed by atoms with Crippen molar-refractivity contribution in [2.24, 2.45) is 7.05 Å². The molecule has 0 bridgehead atoms. The SMILES string of the molecule is Cn1ccc(-c2nnc3c(Cl)cc(C(=O)O)cn23)cc1=O. The van der Waals surface area contributed by atoms with Crippen LogP contribution in [-0.4, -0.2) is 30.2 Å². The third-order valence-corrected chi connectivity index (χ3v) is 3.35. The van der Waals surface area contributed by atoms with E-state index < -0.39 is 5.97 Å². The summed E-state index contributed by atoms with van der Waals surface area (Å²) in [6, 6.07) is 4.40. The first-order chi connectivity index (χ1) is 9.97. The van der Waals surface area contributed by atoms with Gasteiger partial charge in [0, 0.05) is 31.1 Å². The molecule has 106 valence electrons. The summed E-state index contributed by atoms with van der Waals surface area (Å²) in [4.78, 5) is 22.8. The Morgan fingerprint density at radius 1 is 1.33 bits per heavy atom. The Morgan fingerprint density at radius 2 is 2.10 bits per heavy atom. The van der Waals surface area contributed by atoms with Crippen LogP contribution in [0.2, 0.25) is 5.02 Å². The largest absolute Gasteiger partial charge is 0.478 e. The molecule has 3 rings (SSSR count). The fourth-order valence-electron chi connectivity index (χ4n) is 1.96. The molecule has 0 aliphatic carbocycles. The van der Waals surface area contributed by atoms with Crippen LogP contribution >= 0.6 is 11.6 Å². The third kappa shape index (κ3) is 2.17. The molecule has 0 saturated carbocycles. The van der Waals surface area contributed by atoms with Gasteiger partial charge in [-0.1, -0.05) is 11.6 Å². The normalized spacial score (nSPS) is 11.0. The average Bonchev–Trinajstić information content (AvgIpc) is 2.86. The second-order valence-corrected chi connectivity index (χ2v) is 4.87. The molecule has 0 aliphatic heterocycles. The van der Waals surface area contributed by atoms with Crippen molar-refractivity contribution in [1.82, 2.24) is 19.2 Å². The molecule has 0 aromatic carbocycles. The van der Waals surface area contributed by atoms with Gasteiger partial charge in [0.25, 0.3) is 5.56 Å². The second kappa shape index (κ2) is 4.71. The zero-order chi connectivity index (χ0) is 15.1. The van der Waals surface area contributed by atoms with E-state index in [4.69, 9.17) is 16.7 Å². The first-order valence-electron chi connectivity index (χ1n) is 5.92. The van der Waals surface area contributed by atoms with Crippen LogP contribution in [0.15, 0.2) is 35.4 Å². The van der Waals surface area contributed by atoms with Crippen LogP contribution in [0.1, 0.15) is 10.4 Å². The molecule has 1 N–H and O–H groups in total. The lowest BCUT2D eigenvalue weighted by Gasteiger charge is -2.03. The van der Waals surface area contributed by atoms with Crippen molar-refractivity contribution in [1.29, 1.82) is 0 Å². The number of hydrogen-bond donors (Lipinski definition) is 1. The van der Waals surface area contributed by atoms with Gasteiger partial charge in [-0.2, -0.15) is 0 Å². The number of aryl methyl sites for hydroxylation is 1. The molecule has 0 atom stereocenters. The van der Waals surface area contributed by atoms with Crippen molar-refractivity contribution >= 4 is 23.2 Å². The minimum absolute atomic E-state index is 0.0115. The molecule has 0 saturated heterocycles. The monoisotopic (exact) mass is 304 g/mol. The van der Waals surface area contributed by atoms with E-state index in [0.29, 0.717) is 17.0 Å². The maximum Gasteiger partial charge on any atom is 0.337 e. The number of pyridine rings is 2. The second-order valence-electron chi connectivity index (χ2n) is 4.46. The van der Waals surface area contributed by atoms with Crippen LogP contribution in [0.4, 0.5) is 0 Å². The van der Waals surface area contributed by atoms with Gasteiger partial charge < -0.3 is 9.67 Å². The van der Waals surface area contributed by atoms with Crippen molar-refractivity contribution in [3.63, 3.8) is 0 Å². The van der Waals surface area contributed by atoms with E-state index >= 15 is 0 Å². The van der Waals surface area contributed by atoms with E-state index in [9.17, 15) is 9.59 Å². The van der Waals surface area contributed by atoms with Crippen LogP contribution in [0.25, 0.3) is 17.0 Å². The first-order valence-corrected chi connectivity index (χ1v) is 6.30. The molecule has 8 heteroatoms. The van der Waals surface area contributed by atoms with Crippen LogP contribution in [0.5, 0.6) is 0 Å². The van der Waals surface area contributed by atoms with Gasteiger partial charge in [-0.05, 0) is 12.1 Å². The molecular formula is C13H9ClN4O3. The zero-order valence-electron chi connectivity index (χ0n) is 10.8. The quantitative estimate of drug-likeness (QED) is 0.774. The van der Waals surface area contributed by atoms with Crippen molar-refractivity contribution in [3.05, 3.63) is 51.5 Å². The van der Waals surface area contributed by atoms with Crippen molar-refractivity contribution in [2.75, 3.05) is 0 Å². The predicted octanol–water partition coefficient (Wildman–Crippen LogP) is 1.45. The maximum absolute atomic E-state index is 11.7. The lowest BCUT2D eigenvalue weighted by Crippen LogP contribution is -2.14. The molecule has 21 heavy (non-hydrogen) atoms. The van der Waals surface area contributed by atoms with Crippen molar-refractivity contribution in [2.45, 2.75) is 0 Å². The highest BCUT2D eigenvalue weighted by molar-refractivity contribution is 6.33. The molecule has 3 aromatic heterocycles. The smallest absolute Gasteiger partial charge is 0.337 e. The van der Waals surface area contributed by atoms with Crippen LogP contribution in [0, 0.1) is 0 Å². The predicted molar refractivity (Wildman–Crippen MR) is 75.6 cm³/mol. The van der Waals surface area contributed by atoms with Gasteiger partial charge in [-0.15, -0.1) is 10.2 Å².